The number of piperidine rings is 1. The summed E-state index contributed by atoms with van der Waals surface area (Å²) >= 11 is 1.75. The fourth-order valence-corrected chi connectivity index (χ4v) is 6.10. The molecule has 0 aromatic heterocycles. The number of rotatable bonds is 5. The first-order valence-corrected chi connectivity index (χ1v) is 12.6. The van der Waals surface area contributed by atoms with E-state index in [1.54, 1.807) is 11.8 Å². The molecule has 29 heavy (non-hydrogen) atoms. The molecule has 2 amide bonds. The SMILES string of the molecule is CC1CCC(NC(=O)NC2NCCS2)CC1NC1NCCC(C2CCCNC2)N1. The van der Waals surface area contributed by atoms with Crippen LogP contribution in [-0.4, -0.2) is 67.9 Å². The summed E-state index contributed by atoms with van der Waals surface area (Å²) in [6, 6.07) is 1.17. The molecule has 3 saturated heterocycles. The van der Waals surface area contributed by atoms with Crippen LogP contribution in [0, 0.1) is 11.8 Å². The van der Waals surface area contributed by atoms with Crippen LogP contribution in [0.15, 0.2) is 0 Å². The smallest absolute Gasteiger partial charge is 0.316 e. The lowest BCUT2D eigenvalue weighted by Crippen LogP contribution is -2.66. The minimum absolute atomic E-state index is 0.0472. The van der Waals surface area contributed by atoms with Crippen molar-refractivity contribution in [2.24, 2.45) is 11.8 Å². The molecule has 166 valence electrons. The standard InChI is InChI=1S/C20H39N7OS/c1-13-4-5-15(24-19(28)27-20-23-9-10-29-20)11-17(13)26-18-22-8-6-16(25-18)14-3-2-7-21-12-14/h13-18,20-23,25-26H,2-12H2,1H3,(H2,24,27,28). The van der Waals surface area contributed by atoms with Crippen molar-refractivity contribution in [3.8, 4) is 0 Å². The second-order valence-electron chi connectivity index (χ2n) is 9.14. The Bertz CT molecular complexity index is 527. The number of carbonyl (C=O) groups excluding carboxylic acids is 1. The number of nitrogens with one attached hydrogen (secondary N) is 7. The fraction of sp³-hybridized carbons (Fsp3) is 0.950. The van der Waals surface area contributed by atoms with Gasteiger partial charge in [0.05, 0.1) is 0 Å². The van der Waals surface area contributed by atoms with Gasteiger partial charge in [0.15, 0.2) is 0 Å². The second kappa shape index (κ2) is 10.6. The predicted octanol–water partition coefficient (Wildman–Crippen LogP) is 0.287. The first-order valence-electron chi connectivity index (χ1n) is 11.6. The van der Waals surface area contributed by atoms with E-state index >= 15 is 0 Å². The zero-order valence-electron chi connectivity index (χ0n) is 17.6. The third kappa shape index (κ3) is 6.21. The van der Waals surface area contributed by atoms with Gasteiger partial charge < -0.3 is 16.0 Å². The van der Waals surface area contributed by atoms with Crippen LogP contribution in [0.3, 0.4) is 0 Å². The van der Waals surface area contributed by atoms with Crippen molar-refractivity contribution in [2.45, 2.75) is 75.4 Å². The van der Waals surface area contributed by atoms with E-state index < -0.39 is 0 Å². The maximum atomic E-state index is 12.3. The van der Waals surface area contributed by atoms with Gasteiger partial charge in [-0.15, -0.1) is 11.8 Å². The topological polar surface area (TPSA) is 101 Å². The van der Waals surface area contributed by atoms with E-state index in [4.69, 9.17) is 0 Å². The second-order valence-corrected chi connectivity index (χ2v) is 10.4. The zero-order valence-corrected chi connectivity index (χ0v) is 18.5. The molecule has 8 nitrogen and oxygen atoms in total. The Labute approximate surface area is 179 Å². The lowest BCUT2D eigenvalue weighted by Gasteiger charge is -2.42. The summed E-state index contributed by atoms with van der Waals surface area (Å²) in [5.41, 5.74) is 0.0493. The number of hydrogen-bond acceptors (Lipinski definition) is 7. The third-order valence-corrected chi connectivity index (χ3v) is 8.04. The molecule has 3 heterocycles. The van der Waals surface area contributed by atoms with E-state index in [9.17, 15) is 4.79 Å². The predicted molar refractivity (Wildman–Crippen MR) is 119 cm³/mol. The monoisotopic (exact) mass is 425 g/mol. The van der Waals surface area contributed by atoms with Gasteiger partial charge in [-0.3, -0.25) is 21.3 Å². The van der Waals surface area contributed by atoms with Gasteiger partial charge in [0.1, 0.15) is 11.8 Å². The number of thioether (sulfide) groups is 1. The fourth-order valence-electron chi connectivity index (χ4n) is 5.20. The Morgan fingerprint density at radius 2 is 1.97 bits per heavy atom. The van der Waals surface area contributed by atoms with Crippen LogP contribution < -0.4 is 37.2 Å². The molecule has 7 N–H and O–H groups in total. The van der Waals surface area contributed by atoms with Crippen LogP contribution in [0.4, 0.5) is 4.79 Å². The van der Waals surface area contributed by atoms with Crippen LogP contribution in [-0.2, 0) is 0 Å². The Hall–Kier alpha value is -0.580. The normalized spacial score (nSPS) is 41.1. The molecule has 1 aliphatic carbocycles. The minimum atomic E-state index is -0.0472. The molecule has 7 atom stereocenters. The van der Waals surface area contributed by atoms with Gasteiger partial charge in [-0.1, -0.05) is 6.92 Å². The number of urea groups is 1. The molecule has 0 radical (unpaired) electrons. The zero-order chi connectivity index (χ0) is 20.1. The van der Waals surface area contributed by atoms with Crippen molar-refractivity contribution >= 4 is 17.8 Å². The minimum Gasteiger partial charge on any atom is -0.335 e. The lowest BCUT2D eigenvalue weighted by molar-refractivity contribution is 0.146. The maximum absolute atomic E-state index is 12.3. The van der Waals surface area contributed by atoms with Crippen molar-refractivity contribution in [1.29, 1.82) is 0 Å². The van der Waals surface area contributed by atoms with Gasteiger partial charge in [0, 0.05) is 30.4 Å². The van der Waals surface area contributed by atoms with Crippen molar-refractivity contribution in [1.82, 2.24) is 37.2 Å². The number of amides is 2. The summed E-state index contributed by atoms with van der Waals surface area (Å²) in [7, 11) is 0. The number of hydrogen-bond donors (Lipinski definition) is 7. The molecule has 4 aliphatic rings. The summed E-state index contributed by atoms with van der Waals surface area (Å²) in [5.74, 6) is 2.40. The summed E-state index contributed by atoms with van der Waals surface area (Å²) < 4.78 is 0. The van der Waals surface area contributed by atoms with Crippen molar-refractivity contribution in [3.63, 3.8) is 0 Å². The third-order valence-electron chi connectivity index (χ3n) is 6.98. The first kappa shape index (κ1) is 21.6. The van der Waals surface area contributed by atoms with E-state index in [0.717, 1.165) is 50.6 Å². The molecular weight excluding hydrogens is 386 g/mol. The first-order chi connectivity index (χ1) is 14.2. The Balaban J connectivity index is 1.24. The lowest BCUT2D eigenvalue weighted by atomic mass is 9.82. The summed E-state index contributed by atoms with van der Waals surface area (Å²) in [4.78, 5) is 12.3. The van der Waals surface area contributed by atoms with Gasteiger partial charge in [0.2, 0.25) is 0 Å². The molecule has 3 aliphatic heterocycles. The summed E-state index contributed by atoms with van der Waals surface area (Å²) in [6.07, 6.45) is 7.15. The molecule has 0 spiro atoms. The highest BCUT2D eigenvalue weighted by molar-refractivity contribution is 8.00. The van der Waals surface area contributed by atoms with Gasteiger partial charge >= 0.3 is 6.03 Å². The molecule has 9 heteroatoms. The van der Waals surface area contributed by atoms with Gasteiger partial charge in [0.25, 0.3) is 0 Å². The van der Waals surface area contributed by atoms with E-state index in [1.165, 1.54) is 25.8 Å². The van der Waals surface area contributed by atoms with Crippen molar-refractivity contribution in [3.05, 3.63) is 0 Å². The Morgan fingerprint density at radius 1 is 1.03 bits per heavy atom. The van der Waals surface area contributed by atoms with E-state index in [-0.39, 0.29) is 23.9 Å². The average Bonchev–Trinajstić information content (AvgIpc) is 3.24. The van der Waals surface area contributed by atoms with Gasteiger partial charge in [-0.2, -0.15) is 0 Å². The molecule has 4 fully saturated rings. The molecular formula is C20H39N7OS. The van der Waals surface area contributed by atoms with E-state index in [0.29, 0.717) is 18.0 Å². The van der Waals surface area contributed by atoms with Crippen molar-refractivity contribution in [2.75, 3.05) is 31.9 Å². The molecule has 7 unspecified atom stereocenters. The Kier molecular flexibility index (Phi) is 7.94. The van der Waals surface area contributed by atoms with Crippen molar-refractivity contribution < 1.29 is 4.79 Å². The Morgan fingerprint density at radius 3 is 2.76 bits per heavy atom. The van der Waals surface area contributed by atoms with Crippen LogP contribution in [0.25, 0.3) is 0 Å². The summed E-state index contributed by atoms with van der Waals surface area (Å²) in [6.45, 7) is 6.66. The molecule has 0 aromatic rings. The average molecular weight is 426 g/mol. The maximum Gasteiger partial charge on any atom is 0.316 e. The van der Waals surface area contributed by atoms with Gasteiger partial charge in [-0.05, 0) is 70.0 Å². The highest BCUT2D eigenvalue weighted by Gasteiger charge is 2.33. The largest absolute Gasteiger partial charge is 0.335 e. The summed E-state index contributed by atoms with van der Waals surface area (Å²) in [5, 5.41) is 24.3. The highest BCUT2D eigenvalue weighted by Crippen LogP contribution is 2.25. The highest BCUT2D eigenvalue weighted by atomic mass is 32.2. The van der Waals surface area contributed by atoms with E-state index in [1.807, 2.05) is 0 Å². The molecule has 4 rings (SSSR count). The quantitative estimate of drug-likeness (QED) is 0.340. The molecule has 0 aromatic carbocycles. The van der Waals surface area contributed by atoms with Crippen LogP contribution in [0.2, 0.25) is 0 Å². The molecule has 1 saturated carbocycles. The van der Waals surface area contributed by atoms with Crippen LogP contribution >= 0.6 is 11.8 Å². The van der Waals surface area contributed by atoms with Crippen LogP contribution in [0.1, 0.15) is 45.4 Å². The molecule has 0 bridgehead atoms. The van der Waals surface area contributed by atoms with Crippen LogP contribution in [0.5, 0.6) is 0 Å². The van der Waals surface area contributed by atoms with E-state index in [2.05, 4.69) is 44.1 Å². The van der Waals surface area contributed by atoms with Gasteiger partial charge in [-0.25, -0.2) is 4.79 Å². The number of carbonyl (C=O) groups is 1.